The van der Waals surface area contributed by atoms with Gasteiger partial charge in [0.15, 0.2) is 0 Å². The molecule has 0 bridgehead atoms. The second kappa shape index (κ2) is 3.72. The zero-order valence-corrected chi connectivity index (χ0v) is 9.11. The normalized spacial score (nSPS) is 21.0. The fourth-order valence-corrected chi connectivity index (χ4v) is 4.09. The smallest absolute Gasteiger partial charge is 0.119 e. The molecule has 0 radical (unpaired) electrons. The van der Waals surface area contributed by atoms with Crippen molar-refractivity contribution in [3.8, 4) is 0 Å². The van der Waals surface area contributed by atoms with Crippen LogP contribution in [-0.4, -0.2) is 15.3 Å². The van der Waals surface area contributed by atoms with Crippen molar-refractivity contribution in [2.24, 2.45) is 5.92 Å². The molecule has 0 amide bonds. The summed E-state index contributed by atoms with van der Waals surface area (Å²) in [7, 11) is 1.13. The van der Waals surface area contributed by atoms with E-state index in [4.69, 9.17) is 0 Å². The Morgan fingerprint density at radius 2 is 1.82 bits per heavy atom. The number of rotatable bonds is 3. The van der Waals surface area contributed by atoms with Gasteiger partial charge in [-0.2, -0.15) is 0 Å². The SMILES string of the molecule is CN[Si](C)(C)CC1CCCC1. The molecule has 1 N–H and O–H groups in total. The fourth-order valence-electron chi connectivity index (χ4n) is 2.04. The van der Waals surface area contributed by atoms with Gasteiger partial charge in [0.1, 0.15) is 8.24 Å². The summed E-state index contributed by atoms with van der Waals surface area (Å²) in [6.45, 7) is 4.87. The molecule has 0 aromatic carbocycles. The summed E-state index contributed by atoms with van der Waals surface area (Å²) in [5.41, 5.74) is 0. The molecule has 0 aliphatic heterocycles. The Hall–Kier alpha value is 0.177. The quantitative estimate of drug-likeness (QED) is 0.644. The third-order valence-corrected chi connectivity index (χ3v) is 5.90. The molecule has 1 aliphatic rings. The standard InChI is InChI=1S/C9H21NSi/c1-10-11(2,3)8-9-6-4-5-7-9/h9-10H,4-8H2,1-3H3. The lowest BCUT2D eigenvalue weighted by atomic mass is 10.1. The van der Waals surface area contributed by atoms with Gasteiger partial charge in [0.25, 0.3) is 0 Å². The van der Waals surface area contributed by atoms with Gasteiger partial charge < -0.3 is 4.98 Å². The van der Waals surface area contributed by atoms with Crippen molar-refractivity contribution >= 4 is 8.24 Å². The molecule has 1 nitrogen and oxygen atoms in total. The summed E-state index contributed by atoms with van der Waals surface area (Å²) in [5, 5.41) is 0. The van der Waals surface area contributed by atoms with Gasteiger partial charge in [0.05, 0.1) is 0 Å². The first-order valence-electron chi connectivity index (χ1n) is 4.83. The van der Waals surface area contributed by atoms with Crippen molar-refractivity contribution in [2.75, 3.05) is 7.05 Å². The summed E-state index contributed by atoms with van der Waals surface area (Å²) >= 11 is 0. The Morgan fingerprint density at radius 1 is 1.27 bits per heavy atom. The molecular weight excluding hydrogens is 150 g/mol. The molecule has 11 heavy (non-hydrogen) atoms. The lowest BCUT2D eigenvalue weighted by Crippen LogP contribution is -2.43. The minimum atomic E-state index is -0.992. The molecule has 1 saturated carbocycles. The number of hydrogen-bond donors (Lipinski definition) is 1. The first-order chi connectivity index (χ1) is 5.14. The van der Waals surface area contributed by atoms with Gasteiger partial charge in [-0.05, 0) is 19.0 Å². The van der Waals surface area contributed by atoms with Crippen molar-refractivity contribution in [3.63, 3.8) is 0 Å². The molecule has 0 atom stereocenters. The van der Waals surface area contributed by atoms with Crippen LogP contribution in [-0.2, 0) is 0 Å². The van der Waals surface area contributed by atoms with Crippen molar-refractivity contribution in [3.05, 3.63) is 0 Å². The maximum atomic E-state index is 3.51. The average Bonchev–Trinajstić information content (AvgIpc) is 2.39. The molecule has 0 saturated heterocycles. The van der Waals surface area contributed by atoms with Crippen molar-refractivity contribution in [1.29, 1.82) is 0 Å². The van der Waals surface area contributed by atoms with E-state index in [2.05, 4.69) is 25.1 Å². The fraction of sp³-hybridized carbons (Fsp3) is 1.00. The van der Waals surface area contributed by atoms with Gasteiger partial charge in [-0.15, -0.1) is 0 Å². The van der Waals surface area contributed by atoms with E-state index in [1.54, 1.807) is 0 Å². The van der Waals surface area contributed by atoms with E-state index in [9.17, 15) is 0 Å². The van der Waals surface area contributed by atoms with Gasteiger partial charge in [-0.25, -0.2) is 0 Å². The first kappa shape index (κ1) is 9.27. The van der Waals surface area contributed by atoms with Crippen LogP contribution in [0.1, 0.15) is 25.7 Å². The average molecular weight is 171 g/mol. The van der Waals surface area contributed by atoms with E-state index in [1.165, 1.54) is 31.7 Å². The largest absolute Gasteiger partial charge is 0.340 e. The van der Waals surface area contributed by atoms with Crippen LogP contribution in [0.25, 0.3) is 0 Å². The third-order valence-electron chi connectivity index (χ3n) is 2.95. The maximum Gasteiger partial charge on any atom is 0.119 e. The van der Waals surface area contributed by atoms with Gasteiger partial charge in [-0.3, -0.25) is 0 Å². The van der Waals surface area contributed by atoms with Crippen LogP contribution in [0.2, 0.25) is 19.1 Å². The molecular formula is C9H21NSi. The number of nitrogens with one attached hydrogen (secondary N) is 1. The Balaban J connectivity index is 2.28. The van der Waals surface area contributed by atoms with Crippen LogP contribution in [0, 0.1) is 5.92 Å². The molecule has 0 spiro atoms. The summed E-state index contributed by atoms with van der Waals surface area (Å²) in [4.78, 5) is 3.51. The second-order valence-corrected chi connectivity index (χ2v) is 9.16. The number of hydrogen-bond acceptors (Lipinski definition) is 1. The zero-order valence-electron chi connectivity index (χ0n) is 8.11. The van der Waals surface area contributed by atoms with E-state index < -0.39 is 8.24 Å². The Kier molecular flexibility index (Phi) is 3.13. The van der Waals surface area contributed by atoms with Crippen molar-refractivity contribution < 1.29 is 0 Å². The van der Waals surface area contributed by atoms with Crippen LogP contribution < -0.4 is 4.98 Å². The lowest BCUT2D eigenvalue weighted by Gasteiger charge is -2.24. The predicted octanol–water partition coefficient (Wildman–Crippen LogP) is 2.60. The molecule has 0 aromatic rings. The van der Waals surface area contributed by atoms with Gasteiger partial charge >= 0.3 is 0 Å². The second-order valence-electron chi connectivity index (χ2n) is 4.49. The summed E-state index contributed by atoms with van der Waals surface area (Å²) < 4.78 is 0. The first-order valence-corrected chi connectivity index (χ1v) is 8.04. The minimum Gasteiger partial charge on any atom is -0.340 e. The lowest BCUT2D eigenvalue weighted by molar-refractivity contribution is 0.597. The molecule has 0 unspecified atom stereocenters. The topological polar surface area (TPSA) is 12.0 Å². The van der Waals surface area contributed by atoms with E-state index in [-0.39, 0.29) is 0 Å². The Morgan fingerprint density at radius 3 is 2.27 bits per heavy atom. The van der Waals surface area contributed by atoms with Crippen molar-refractivity contribution in [2.45, 2.75) is 44.8 Å². The highest BCUT2D eigenvalue weighted by Gasteiger charge is 2.25. The third kappa shape index (κ3) is 2.95. The van der Waals surface area contributed by atoms with E-state index in [0.29, 0.717) is 0 Å². The van der Waals surface area contributed by atoms with Gasteiger partial charge in [-0.1, -0.05) is 38.8 Å². The van der Waals surface area contributed by atoms with Crippen LogP contribution in [0.5, 0.6) is 0 Å². The minimum absolute atomic E-state index is 0.992. The van der Waals surface area contributed by atoms with Crippen LogP contribution >= 0.6 is 0 Å². The van der Waals surface area contributed by atoms with E-state index in [1.807, 2.05) is 0 Å². The predicted molar refractivity (Wildman–Crippen MR) is 53.3 cm³/mol. The van der Waals surface area contributed by atoms with Crippen LogP contribution in [0.4, 0.5) is 0 Å². The van der Waals surface area contributed by atoms with Gasteiger partial charge in [0, 0.05) is 0 Å². The van der Waals surface area contributed by atoms with Gasteiger partial charge in [0.2, 0.25) is 0 Å². The molecule has 66 valence electrons. The van der Waals surface area contributed by atoms with E-state index >= 15 is 0 Å². The highest BCUT2D eigenvalue weighted by molar-refractivity contribution is 6.74. The Labute approximate surface area is 71.7 Å². The maximum absolute atomic E-state index is 3.51. The molecule has 0 heterocycles. The Bertz CT molecular complexity index is 117. The zero-order chi connectivity index (χ0) is 8.32. The molecule has 1 aliphatic carbocycles. The molecule has 1 fully saturated rings. The van der Waals surface area contributed by atoms with Crippen LogP contribution in [0.15, 0.2) is 0 Å². The summed E-state index contributed by atoms with van der Waals surface area (Å²) in [6, 6.07) is 1.49. The highest BCUT2D eigenvalue weighted by Crippen LogP contribution is 2.30. The van der Waals surface area contributed by atoms with Crippen molar-refractivity contribution in [1.82, 2.24) is 4.98 Å². The molecule has 0 aromatic heterocycles. The summed E-state index contributed by atoms with van der Waals surface area (Å²) in [6.07, 6.45) is 5.97. The monoisotopic (exact) mass is 171 g/mol. The van der Waals surface area contributed by atoms with E-state index in [0.717, 1.165) is 5.92 Å². The highest BCUT2D eigenvalue weighted by atomic mass is 28.3. The molecule has 2 heteroatoms. The van der Waals surface area contributed by atoms with Crippen LogP contribution in [0.3, 0.4) is 0 Å². The summed E-state index contributed by atoms with van der Waals surface area (Å²) in [5.74, 6) is 1.06. The molecule has 1 rings (SSSR count).